The van der Waals surface area contributed by atoms with E-state index in [4.69, 9.17) is 0 Å². The van der Waals surface area contributed by atoms with Crippen molar-refractivity contribution in [3.8, 4) is 0 Å². The summed E-state index contributed by atoms with van der Waals surface area (Å²) >= 11 is 1.60. The average Bonchev–Trinajstić information content (AvgIpc) is 2.90. The third-order valence-electron chi connectivity index (χ3n) is 2.34. The van der Waals surface area contributed by atoms with Crippen molar-refractivity contribution >= 4 is 24.0 Å². The van der Waals surface area contributed by atoms with Gasteiger partial charge in [-0.25, -0.2) is 4.98 Å². The third kappa shape index (κ3) is 2.14. The summed E-state index contributed by atoms with van der Waals surface area (Å²) in [4.78, 5) is 8.59. The fourth-order valence-corrected chi connectivity index (χ4v) is 2.43. The van der Waals surface area contributed by atoms with Crippen molar-refractivity contribution in [1.82, 2.24) is 9.97 Å². The Morgan fingerprint density at radius 1 is 1.00 bits per heavy atom. The molecule has 1 atom stereocenters. The minimum atomic E-state index is 0.165. The maximum Gasteiger partial charge on any atom is 0.160 e. The quantitative estimate of drug-likeness (QED) is 0.759. The maximum absolute atomic E-state index is 4.33. The van der Waals surface area contributed by atoms with Gasteiger partial charge in [0.15, 0.2) is 5.82 Å². The van der Waals surface area contributed by atoms with Gasteiger partial charge in [-0.3, -0.25) is 4.98 Å². The Morgan fingerprint density at radius 2 is 1.82 bits per heavy atom. The van der Waals surface area contributed by atoms with Gasteiger partial charge in [-0.05, 0) is 36.2 Å². The first-order chi connectivity index (χ1) is 8.43. The lowest BCUT2D eigenvalue weighted by molar-refractivity contribution is 1.14. The molecule has 1 unspecified atom stereocenters. The molecule has 17 heavy (non-hydrogen) atoms. The summed E-state index contributed by atoms with van der Waals surface area (Å²) in [6.07, 6.45) is 5.45. The lowest BCUT2D eigenvalue weighted by Crippen LogP contribution is -2.03. The zero-order valence-corrected chi connectivity index (χ0v) is 9.79. The Bertz CT molecular complexity index is 467. The minimum absolute atomic E-state index is 0.165. The van der Waals surface area contributed by atoms with Crippen molar-refractivity contribution in [2.45, 2.75) is 5.25 Å². The second-order valence-electron chi connectivity index (χ2n) is 3.51. The van der Waals surface area contributed by atoms with Crippen LogP contribution in [0, 0.1) is 0 Å². The van der Waals surface area contributed by atoms with Crippen LogP contribution in [0.4, 0.5) is 5.82 Å². The Morgan fingerprint density at radius 3 is 2.53 bits per heavy atom. The van der Waals surface area contributed by atoms with Crippen LogP contribution in [0.1, 0.15) is 10.9 Å². The zero-order chi connectivity index (χ0) is 11.5. The van der Waals surface area contributed by atoms with Gasteiger partial charge in [0.2, 0.25) is 0 Å². The number of hydrazone groups is 1. The summed E-state index contributed by atoms with van der Waals surface area (Å²) in [5.74, 6) is 0.840. The Kier molecular flexibility index (Phi) is 2.75. The molecule has 0 spiro atoms. The van der Waals surface area contributed by atoms with E-state index in [0.29, 0.717) is 0 Å². The number of aromatic nitrogens is 2. The second kappa shape index (κ2) is 4.55. The molecular weight excluding hydrogens is 232 g/mol. The van der Waals surface area contributed by atoms with Gasteiger partial charge in [-0.1, -0.05) is 12.1 Å². The molecule has 0 fully saturated rings. The number of pyridine rings is 2. The number of anilines is 1. The molecule has 0 N–H and O–H groups in total. The molecule has 0 radical (unpaired) electrons. The van der Waals surface area contributed by atoms with E-state index in [-0.39, 0.29) is 5.25 Å². The van der Waals surface area contributed by atoms with Gasteiger partial charge in [0.25, 0.3) is 0 Å². The van der Waals surface area contributed by atoms with Crippen molar-refractivity contribution in [1.29, 1.82) is 0 Å². The topological polar surface area (TPSA) is 41.4 Å². The van der Waals surface area contributed by atoms with Crippen LogP contribution in [0.15, 0.2) is 53.9 Å². The van der Waals surface area contributed by atoms with Crippen LogP contribution in [-0.4, -0.2) is 16.2 Å². The smallest absolute Gasteiger partial charge is 0.160 e. The first-order valence-corrected chi connectivity index (χ1v) is 6.10. The summed E-state index contributed by atoms with van der Waals surface area (Å²) in [5.41, 5.74) is 1.01. The molecule has 2 aromatic rings. The van der Waals surface area contributed by atoms with Gasteiger partial charge >= 0.3 is 0 Å². The average molecular weight is 242 g/mol. The van der Waals surface area contributed by atoms with Crippen molar-refractivity contribution in [2.75, 3.05) is 4.41 Å². The largest absolute Gasteiger partial charge is 0.260 e. The fraction of sp³-hybridized carbons (Fsp3) is 0.0833. The van der Waals surface area contributed by atoms with Gasteiger partial charge < -0.3 is 0 Å². The van der Waals surface area contributed by atoms with E-state index < -0.39 is 0 Å². The van der Waals surface area contributed by atoms with Gasteiger partial charge in [0.05, 0.1) is 5.69 Å². The minimum Gasteiger partial charge on any atom is -0.260 e. The van der Waals surface area contributed by atoms with Crippen LogP contribution in [-0.2, 0) is 0 Å². The highest BCUT2D eigenvalue weighted by molar-refractivity contribution is 8.01. The molecule has 4 nitrogen and oxygen atoms in total. The molecule has 1 aliphatic rings. The summed E-state index contributed by atoms with van der Waals surface area (Å²) in [7, 11) is 0. The van der Waals surface area contributed by atoms with E-state index in [0.717, 1.165) is 11.5 Å². The van der Waals surface area contributed by atoms with E-state index in [1.54, 1.807) is 24.3 Å². The van der Waals surface area contributed by atoms with Gasteiger partial charge in [0.1, 0.15) is 5.25 Å². The van der Waals surface area contributed by atoms with E-state index in [2.05, 4.69) is 15.1 Å². The normalized spacial score (nSPS) is 18.6. The van der Waals surface area contributed by atoms with Crippen molar-refractivity contribution in [3.63, 3.8) is 0 Å². The molecule has 5 heteroatoms. The standard InChI is InChI=1S/C12H10N4S/c1-3-7-13-10(5-1)11-9-15-16(17-11)12-6-2-4-8-14-12/h1-9,11H. The summed E-state index contributed by atoms with van der Waals surface area (Å²) in [6.45, 7) is 0. The highest BCUT2D eigenvalue weighted by atomic mass is 32.2. The van der Waals surface area contributed by atoms with Gasteiger partial charge in [-0.15, -0.1) is 0 Å². The van der Waals surface area contributed by atoms with Gasteiger partial charge in [-0.2, -0.15) is 9.52 Å². The first-order valence-electron chi connectivity index (χ1n) is 5.26. The summed E-state index contributed by atoms with van der Waals surface area (Å²) in [6, 6.07) is 11.7. The molecule has 1 aliphatic heterocycles. The van der Waals surface area contributed by atoms with E-state index in [1.165, 1.54) is 0 Å². The van der Waals surface area contributed by atoms with E-state index in [9.17, 15) is 0 Å². The van der Waals surface area contributed by atoms with Crippen molar-refractivity contribution in [2.24, 2.45) is 5.10 Å². The Balaban J connectivity index is 1.78. The van der Waals surface area contributed by atoms with Crippen LogP contribution in [0.5, 0.6) is 0 Å². The molecule has 0 aliphatic carbocycles. The maximum atomic E-state index is 4.33. The van der Waals surface area contributed by atoms with Crippen molar-refractivity contribution in [3.05, 3.63) is 54.5 Å². The Hall–Kier alpha value is -1.88. The van der Waals surface area contributed by atoms with Crippen LogP contribution < -0.4 is 4.41 Å². The highest BCUT2D eigenvalue weighted by Crippen LogP contribution is 2.36. The molecule has 2 aromatic heterocycles. The lowest BCUT2D eigenvalue weighted by atomic mass is 10.3. The van der Waals surface area contributed by atoms with Crippen LogP contribution in [0.2, 0.25) is 0 Å². The van der Waals surface area contributed by atoms with Crippen LogP contribution in [0.3, 0.4) is 0 Å². The predicted molar refractivity (Wildman–Crippen MR) is 69.8 cm³/mol. The summed E-state index contributed by atoms with van der Waals surface area (Å²) in [5, 5.41) is 4.50. The number of rotatable bonds is 2. The Labute approximate surface area is 104 Å². The number of hydrogen-bond donors (Lipinski definition) is 0. The van der Waals surface area contributed by atoms with Crippen molar-refractivity contribution < 1.29 is 0 Å². The molecule has 0 aromatic carbocycles. The molecular formula is C12H10N4S. The second-order valence-corrected chi connectivity index (χ2v) is 4.57. The molecule has 0 bridgehead atoms. The SMILES string of the molecule is C1=NN(c2ccccn2)SC1c1ccccn1. The molecule has 0 amide bonds. The zero-order valence-electron chi connectivity index (χ0n) is 8.97. The molecule has 0 saturated heterocycles. The third-order valence-corrected chi connectivity index (χ3v) is 3.42. The first kappa shape index (κ1) is 10.3. The van der Waals surface area contributed by atoms with E-state index in [1.807, 2.05) is 47.0 Å². The fourth-order valence-electron chi connectivity index (χ4n) is 1.54. The van der Waals surface area contributed by atoms with Crippen LogP contribution in [0.25, 0.3) is 0 Å². The molecule has 84 valence electrons. The molecule has 3 heterocycles. The van der Waals surface area contributed by atoms with Gasteiger partial charge in [0, 0.05) is 18.6 Å². The lowest BCUT2D eigenvalue weighted by Gasteiger charge is -2.12. The monoisotopic (exact) mass is 242 g/mol. The van der Waals surface area contributed by atoms with E-state index >= 15 is 0 Å². The molecule has 3 rings (SSSR count). The van der Waals surface area contributed by atoms with Crippen LogP contribution >= 0.6 is 11.9 Å². The molecule has 0 saturated carbocycles. The highest BCUT2D eigenvalue weighted by Gasteiger charge is 2.23. The number of nitrogens with zero attached hydrogens (tertiary/aromatic N) is 4. The predicted octanol–water partition coefficient (Wildman–Crippen LogP) is 2.67. The summed E-state index contributed by atoms with van der Waals surface area (Å²) < 4.78 is 1.82. The number of hydrogen-bond acceptors (Lipinski definition) is 5.